The molecule has 17 heavy (non-hydrogen) atoms. The van der Waals surface area contributed by atoms with Crippen LogP contribution in [0.3, 0.4) is 0 Å². The van der Waals surface area contributed by atoms with Crippen molar-refractivity contribution >= 4 is 17.5 Å². The van der Waals surface area contributed by atoms with E-state index in [1.54, 1.807) is 0 Å². The Kier molecular flexibility index (Phi) is 2.74. The summed E-state index contributed by atoms with van der Waals surface area (Å²) in [6, 6.07) is 3.26. The number of nitrogens with one attached hydrogen (secondary N) is 1. The highest BCUT2D eigenvalue weighted by molar-refractivity contribution is 6.31. The van der Waals surface area contributed by atoms with Crippen molar-refractivity contribution in [3.8, 4) is 11.3 Å². The van der Waals surface area contributed by atoms with Crippen LogP contribution in [-0.4, -0.2) is 9.97 Å². The summed E-state index contributed by atoms with van der Waals surface area (Å²) >= 11 is 5.65. The van der Waals surface area contributed by atoms with E-state index in [0.717, 1.165) is 12.1 Å². The van der Waals surface area contributed by atoms with E-state index in [-0.39, 0.29) is 16.5 Å². The fourth-order valence-corrected chi connectivity index (χ4v) is 1.63. The van der Waals surface area contributed by atoms with Crippen LogP contribution < -0.4 is 5.73 Å². The van der Waals surface area contributed by atoms with Gasteiger partial charge in [-0.25, -0.2) is 4.98 Å². The van der Waals surface area contributed by atoms with Crippen LogP contribution in [0.15, 0.2) is 24.4 Å². The largest absolute Gasteiger partial charge is 0.416 e. The summed E-state index contributed by atoms with van der Waals surface area (Å²) in [4.78, 5) is 6.35. The van der Waals surface area contributed by atoms with Crippen molar-refractivity contribution in [2.75, 3.05) is 5.73 Å². The monoisotopic (exact) mass is 261 g/mol. The molecule has 0 amide bonds. The number of H-pyrrole nitrogens is 1. The smallest absolute Gasteiger partial charge is 0.369 e. The number of anilines is 1. The molecule has 3 N–H and O–H groups in total. The summed E-state index contributed by atoms with van der Waals surface area (Å²) in [5.41, 5.74) is 5.21. The van der Waals surface area contributed by atoms with Crippen LogP contribution in [0.4, 0.5) is 19.1 Å². The Morgan fingerprint density at radius 2 is 1.94 bits per heavy atom. The Morgan fingerprint density at radius 1 is 1.24 bits per heavy atom. The number of nitrogens with two attached hydrogens (primary N) is 1. The number of nitrogens with zero attached hydrogens (tertiary/aromatic N) is 1. The van der Waals surface area contributed by atoms with Crippen LogP contribution >= 0.6 is 11.6 Å². The molecule has 0 aliphatic carbocycles. The molecule has 0 aliphatic heterocycles. The number of aromatic amines is 1. The molecule has 1 aromatic carbocycles. The molecule has 2 rings (SSSR count). The van der Waals surface area contributed by atoms with Gasteiger partial charge in [0.2, 0.25) is 0 Å². The summed E-state index contributed by atoms with van der Waals surface area (Å²) < 4.78 is 37.7. The fourth-order valence-electron chi connectivity index (χ4n) is 1.39. The maximum Gasteiger partial charge on any atom is 0.416 e. The van der Waals surface area contributed by atoms with E-state index in [9.17, 15) is 13.2 Å². The molecule has 2 aromatic rings. The van der Waals surface area contributed by atoms with Gasteiger partial charge in [0.1, 0.15) is 0 Å². The molecule has 0 aliphatic rings. The van der Waals surface area contributed by atoms with Gasteiger partial charge < -0.3 is 10.7 Å². The second-order valence-corrected chi connectivity index (χ2v) is 3.84. The summed E-state index contributed by atoms with van der Waals surface area (Å²) in [5, 5.41) is 0.00277. The van der Waals surface area contributed by atoms with Gasteiger partial charge in [0.25, 0.3) is 0 Å². The summed E-state index contributed by atoms with van der Waals surface area (Å²) in [6.07, 6.45) is -3.09. The Morgan fingerprint density at radius 3 is 2.47 bits per heavy atom. The predicted octanol–water partition coefficient (Wildman–Crippen LogP) is 3.33. The van der Waals surface area contributed by atoms with Crippen molar-refractivity contribution < 1.29 is 13.2 Å². The average molecular weight is 262 g/mol. The first kappa shape index (κ1) is 11.8. The molecule has 1 aromatic heterocycles. The highest BCUT2D eigenvalue weighted by atomic mass is 35.5. The van der Waals surface area contributed by atoms with Crippen molar-refractivity contribution in [1.29, 1.82) is 0 Å². The highest BCUT2D eigenvalue weighted by Gasteiger charge is 2.31. The second kappa shape index (κ2) is 3.96. The molecule has 0 unspecified atom stereocenters. The molecular formula is C10H7ClF3N3. The molecule has 0 saturated carbocycles. The molecule has 1 heterocycles. The van der Waals surface area contributed by atoms with Crippen LogP contribution in [-0.2, 0) is 6.18 Å². The maximum absolute atomic E-state index is 12.6. The van der Waals surface area contributed by atoms with Gasteiger partial charge in [0, 0.05) is 10.6 Å². The van der Waals surface area contributed by atoms with E-state index in [2.05, 4.69) is 9.97 Å². The van der Waals surface area contributed by atoms with Crippen LogP contribution in [0, 0.1) is 0 Å². The maximum atomic E-state index is 12.6. The minimum Gasteiger partial charge on any atom is -0.369 e. The minimum atomic E-state index is -4.44. The molecule has 0 fully saturated rings. The molecule has 0 spiro atoms. The van der Waals surface area contributed by atoms with Gasteiger partial charge in [-0.1, -0.05) is 11.6 Å². The molecular weight excluding hydrogens is 255 g/mol. The Bertz CT molecular complexity index is 548. The topological polar surface area (TPSA) is 54.7 Å². The number of benzene rings is 1. The first-order chi connectivity index (χ1) is 7.86. The molecule has 0 atom stereocenters. The number of alkyl halides is 3. The van der Waals surface area contributed by atoms with E-state index < -0.39 is 11.7 Å². The predicted molar refractivity (Wildman–Crippen MR) is 58.4 cm³/mol. The number of imidazole rings is 1. The zero-order valence-corrected chi connectivity index (χ0v) is 9.10. The van der Waals surface area contributed by atoms with Crippen LogP contribution in [0.25, 0.3) is 11.3 Å². The van der Waals surface area contributed by atoms with Crippen molar-refractivity contribution in [3.05, 3.63) is 35.0 Å². The Hall–Kier alpha value is -1.69. The zero-order chi connectivity index (χ0) is 12.6. The van der Waals surface area contributed by atoms with Crippen LogP contribution in [0.5, 0.6) is 0 Å². The van der Waals surface area contributed by atoms with Crippen molar-refractivity contribution in [3.63, 3.8) is 0 Å². The molecule has 0 bridgehead atoms. The Labute approximate surface area is 99.4 Å². The lowest BCUT2D eigenvalue weighted by Crippen LogP contribution is -2.04. The Balaban J connectivity index is 2.52. The molecule has 0 saturated heterocycles. The second-order valence-electron chi connectivity index (χ2n) is 3.41. The van der Waals surface area contributed by atoms with E-state index >= 15 is 0 Å². The van der Waals surface area contributed by atoms with E-state index in [1.807, 2.05) is 0 Å². The van der Waals surface area contributed by atoms with Crippen LogP contribution in [0.2, 0.25) is 5.02 Å². The van der Waals surface area contributed by atoms with E-state index in [4.69, 9.17) is 17.3 Å². The summed E-state index contributed by atoms with van der Waals surface area (Å²) in [5.74, 6) is 0.133. The zero-order valence-electron chi connectivity index (χ0n) is 8.35. The molecule has 90 valence electrons. The van der Waals surface area contributed by atoms with Gasteiger partial charge in [-0.05, 0) is 18.2 Å². The van der Waals surface area contributed by atoms with Gasteiger partial charge in [-0.15, -0.1) is 0 Å². The third-order valence-corrected chi connectivity index (χ3v) is 2.35. The number of rotatable bonds is 1. The van der Waals surface area contributed by atoms with Gasteiger partial charge >= 0.3 is 6.18 Å². The van der Waals surface area contributed by atoms with E-state index in [0.29, 0.717) is 5.69 Å². The lowest BCUT2D eigenvalue weighted by molar-refractivity contribution is -0.137. The highest BCUT2D eigenvalue weighted by Crippen LogP contribution is 2.34. The molecule has 0 radical (unpaired) electrons. The molecule has 7 heteroatoms. The first-order valence-corrected chi connectivity index (χ1v) is 4.93. The standard InChI is InChI=1S/C10H7ClF3N3/c11-7-2-5(8-4-16-9(15)17-8)1-6(3-7)10(12,13)14/h1-4H,(H3,15,16,17). The minimum absolute atomic E-state index is 0.00277. The first-order valence-electron chi connectivity index (χ1n) is 4.55. The SMILES string of the molecule is Nc1ncc(-c2cc(Cl)cc(C(F)(F)F)c2)[nH]1. The average Bonchev–Trinajstić information content (AvgIpc) is 2.62. The normalized spacial score (nSPS) is 11.8. The number of nitrogen functional groups attached to an aromatic ring is 1. The number of aromatic nitrogens is 2. The summed E-state index contributed by atoms with van der Waals surface area (Å²) in [6.45, 7) is 0. The van der Waals surface area contributed by atoms with Gasteiger partial charge in [-0.2, -0.15) is 13.2 Å². The van der Waals surface area contributed by atoms with Crippen molar-refractivity contribution in [2.24, 2.45) is 0 Å². The van der Waals surface area contributed by atoms with Crippen LogP contribution in [0.1, 0.15) is 5.56 Å². The third kappa shape index (κ3) is 2.52. The number of halogens is 4. The third-order valence-electron chi connectivity index (χ3n) is 2.13. The van der Waals surface area contributed by atoms with Gasteiger partial charge in [0.15, 0.2) is 5.95 Å². The lowest BCUT2D eigenvalue weighted by Gasteiger charge is -2.08. The molecule has 3 nitrogen and oxygen atoms in total. The van der Waals surface area contributed by atoms with Crippen molar-refractivity contribution in [1.82, 2.24) is 9.97 Å². The van der Waals surface area contributed by atoms with Gasteiger partial charge in [-0.3, -0.25) is 0 Å². The quantitative estimate of drug-likeness (QED) is 0.827. The summed E-state index contributed by atoms with van der Waals surface area (Å²) in [7, 11) is 0. The van der Waals surface area contributed by atoms with Gasteiger partial charge in [0.05, 0.1) is 17.5 Å². The van der Waals surface area contributed by atoms with Crippen molar-refractivity contribution in [2.45, 2.75) is 6.18 Å². The van der Waals surface area contributed by atoms with E-state index in [1.165, 1.54) is 12.3 Å². The number of hydrogen-bond donors (Lipinski definition) is 2. The fraction of sp³-hybridized carbons (Fsp3) is 0.100. The number of hydrogen-bond acceptors (Lipinski definition) is 2. The lowest BCUT2D eigenvalue weighted by atomic mass is 10.1.